The van der Waals surface area contributed by atoms with Crippen molar-refractivity contribution in [3.05, 3.63) is 65.7 Å². The van der Waals surface area contributed by atoms with Crippen molar-refractivity contribution >= 4 is 24.0 Å². The minimum atomic E-state index is -0.716. The van der Waals surface area contributed by atoms with Crippen LogP contribution < -0.4 is 11.1 Å². The van der Waals surface area contributed by atoms with Crippen LogP contribution in [0, 0.1) is 11.6 Å². The number of nitrogens with two attached hydrogens (primary N) is 1. The van der Waals surface area contributed by atoms with Crippen molar-refractivity contribution in [3.8, 4) is 0 Å². The van der Waals surface area contributed by atoms with Crippen LogP contribution in [0.2, 0.25) is 0 Å². The molecule has 0 saturated carbocycles. The molecule has 2 atom stereocenters. The summed E-state index contributed by atoms with van der Waals surface area (Å²) < 4.78 is 26.3. The monoisotopic (exact) mass is 381 g/mol. The Morgan fingerprint density at radius 3 is 2.42 bits per heavy atom. The van der Waals surface area contributed by atoms with Crippen LogP contribution in [0.1, 0.15) is 17.9 Å². The molecule has 1 heterocycles. The van der Waals surface area contributed by atoms with Crippen molar-refractivity contribution in [1.82, 2.24) is 4.90 Å². The fourth-order valence-corrected chi connectivity index (χ4v) is 3.26. The van der Waals surface area contributed by atoms with E-state index in [1.165, 1.54) is 5.56 Å². The van der Waals surface area contributed by atoms with Gasteiger partial charge >= 0.3 is 0 Å². The molecule has 2 aromatic carbocycles. The Balaban J connectivity index is 0.00000243. The van der Waals surface area contributed by atoms with Crippen LogP contribution in [0.3, 0.4) is 0 Å². The second kappa shape index (κ2) is 9.07. The van der Waals surface area contributed by atoms with Crippen LogP contribution in [-0.4, -0.2) is 36.5 Å². The van der Waals surface area contributed by atoms with Crippen molar-refractivity contribution in [2.24, 2.45) is 5.73 Å². The molecule has 1 amide bonds. The molecule has 1 aliphatic heterocycles. The lowest BCUT2D eigenvalue weighted by atomic mass is 9.95. The third kappa shape index (κ3) is 5.24. The van der Waals surface area contributed by atoms with Gasteiger partial charge in [-0.1, -0.05) is 30.3 Å². The molecule has 1 saturated heterocycles. The van der Waals surface area contributed by atoms with E-state index >= 15 is 0 Å². The van der Waals surface area contributed by atoms with E-state index in [9.17, 15) is 13.6 Å². The van der Waals surface area contributed by atoms with Crippen molar-refractivity contribution in [2.75, 3.05) is 25.0 Å². The van der Waals surface area contributed by atoms with Crippen molar-refractivity contribution in [2.45, 2.75) is 18.4 Å². The highest BCUT2D eigenvalue weighted by Crippen LogP contribution is 2.26. The molecule has 4 nitrogen and oxygen atoms in total. The Hall–Kier alpha value is -2.02. The summed E-state index contributed by atoms with van der Waals surface area (Å²) >= 11 is 0. The number of halogens is 3. The number of likely N-dealkylation sites (tertiary alicyclic amines) is 1. The summed E-state index contributed by atoms with van der Waals surface area (Å²) in [7, 11) is 0. The normalized spacial score (nSPS) is 19.8. The largest absolute Gasteiger partial charge is 0.326 e. The highest BCUT2D eigenvalue weighted by atomic mass is 35.5. The van der Waals surface area contributed by atoms with E-state index in [0.29, 0.717) is 6.54 Å². The average Bonchev–Trinajstić information content (AvgIpc) is 2.94. The Bertz CT molecular complexity index is 725. The second-order valence-corrected chi connectivity index (χ2v) is 6.40. The number of carbonyl (C=O) groups is 1. The molecule has 0 bridgehead atoms. The van der Waals surface area contributed by atoms with E-state index in [0.717, 1.165) is 31.3 Å². The van der Waals surface area contributed by atoms with Crippen LogP contribution in [0.15, 0.2) is 48.5 Å². The molecule has 140 valence electrons. The van der Waals surface area contributed by atoms with Gasteiger partial charge < -0.3 is 16.0 Å². The molecule has 7 heteroatoms. The Morgan fingerprint density at radius 2 is 1.77 bits per heavy atom. The Kier molecular flexibility index (Phi) is 7.08. The first kappa shape index (κ1) is 20.3. The summed E-state index contributed by atoms with van der Waals surface area (Å²) in [5, 5.41) is 2.52. The maximum atomic E-state index is 13.1. The predicted octanol–water partition coefficient (Wildman–Crippen LogP) is 3.14. The van der Waals surface area contributed by atoms with Crippen molar-refractivity contribution in [1.29, 1.82) is 0 Å². The van der Waals surface area contributed by atoms with Gasteiger partial charge in [-0.15, -0.1) is 12.4 Å². The van der Waals surface area contributed by atoms with Crippen LogP contribution >= 0.6 is 12.4 Å². The lowest BCUT2D eigenvalue weighted by Gasteiger charge is -2.16. The molecule has 0 radical (unpaired) electrons. The van der Waals surface area contributed by atoms with Crippen molar-refractivity contribution in [3.63, 3.8) is 0 Å². The minimum absolute atomic E-state index is 0. The van der Waals surface area contributed by atoms with E-state index < -0.39 is 11.6 Å². The smallest absolute Gasteiger partial charge is 0.225 e. The predicted molar refractivity (Wildman–Crippen MR) is 100 cm³/mol. The van der Waals surface area contributed by atoms with Gasteiger partial charge in [0.2, 0.25) is 5.91 Å². The molecule has 1 aliphatic rings. The van der Waals surface area contributed by atoms with E-state index in [2.05, 4.69) is 22.3 Å². The summed E-state index contributed by atoms with van der Waals surface area (Å²) in [5.74, 6) is -1.46. The van der Waals surface area contributed by atoms with E-state index in [1.807, 2.05) is 18.2 Å². The third-order valence-corrected chi connectivity index (χ3v) is 4.47. The molecular weight excluding hydrogens is 360 g/mol. The Morgan fingerprint density at radius 1 is 1.12 bits per heavy atom. The van der Waals surface area contributed by atoms with E-state index in [4.69, 9.17) is 5.73 Å². The SMILES string of the molecule is Cl.N[C@@H]1CN(CCC(=O)Nc2cc(F)cc(F)c2)C[C@H]1c1ccccc1. The quantitative estimate of drug-likeness (QED) is 0.836. The summed E-state index contributed by atoms with van der Waals surface area (Å²) in [5.41, 5.74) is 7.57. The van der Waals surface area contributed by atoms with Gasteiger partial charge in [-0.2, -0.15) is 0 Å². The average molecular weight is 382 g/mol. The molecule has 26 heavy (non-hydrogen) atoms. The number of hydrogen-bond donors (Lipinski definition) is 2. The molecule has 0 aromatic heterocycles. The van der Waals surface area contributed by atoms with Crippen LogP contribution in [0.25, 0.3) is 0 Å². The van der Waals surface area contributed by atoms with Crippen molar-refractivity contribution < 1.29 is 13.6 Å². The molecule has 2 aromatic rings. The number of nitrogens with one attached hydrogen (secondary N) is 1. The first-order chi connectivity index (χ1) is 12.0. The molecule has 1 fully saturated rings. The van der Waals surface area contributed by atoms with Gasteiger partial charge in [0.1, 0.15) is 11.6 Å². The fraction of sp³-hybridized carbons (Fsp3) is 0.316. The Labute approximate surface area is 157 Å². The van der Waals surface area contributed by atoms with Crippen LogP contribution in [-0.2, 0) is 4.79 Å². The number of carbonyl (C=O) groups excluding carboxylic acids is 1. The van der Waals surface area contributed by atoms with E-state index in [1.54, 1.807) is 0 Å². The lowest BCUT2D eigenvalue weighted by molar-refractivity contribution is -0.116. The molecule has 0 spiro atoms. The fourth-order valence-electron chi connectivity index (χ4n) is 3.26. The van der Waals surface area contributed by atoms with Gasteiger partial charge in [0.25, 0.3) is 0 Å². The van der Waals surface area contributed by atoms with Gasteiger partial charge in [-0.05, 0) is 17.7 Å². The van der Waals surface area contributed by atoms with Gasteiger partial charge in [0.05, 0.1) is 0 Å². The number of benzene rings is 2. The highest BCUT2D eigenvalue weighted by Gasteiger charge is 2.31. The second-order valence-electron chi connectivity index (χ2n) is 6.40. The lowest BCUT2D eigenvalue weighted by Crippen LogP contribution is -2.30. The van der Waals surface area contributed by atoms with Crippen LogP contribution in [0.5, 0.6) is 0 Å². The summed E-state index contributed by atoms with van der Waals surface area (Å²) in [6, 6.07) is 13.1. The van der Waals surface area contributed by atoms with E-state index in [-0.39, 0.29) is 42.4 Å². The van der Waals surface area contributed by atoms with Crippen LogP contribution in [0.4, 0.5) is 14.5 Å². The number of anilines is 1. The van der Waals surface area contributed by atoms with Gasteiger partial charge in [0, 0.05) is 49.8 Å². The first-order valence-electron chi connectivity index (χ1n) is 8.30. The number of nitrogens with zero attached hydrogens (tertiary/aromatic N) is 1. The zero-order valence-electron chi connectivity index (χ0n) is 14.2. The third-order valence-electron chi connectivity index (χ3n) is 4.47. The summed E-state index contributed by atoms with van der Waals surface area (Å²) in [4.78, 5) is 14.2. The molecule has 3 rings (SSSR count). The highest BCUT2D eigenvalue weighted by molar-refractivity contribution is 5.90. The molecule has 0 aliphatic carbocycles. The first-order valence-corrected chi connectivity index (χ1v) is 8.30. The summed E-state index contributed by atoms with van der Waals surface area (Å²) in [6.45, 7) is 2.08. The zero-order valence-corrected chi connectivity index (χ0v) is 15.0. The molecule has 0 unspecified atom stereocenters. The molecule has 3 N–H and O–H groups in total. The standard InChI is InChI=1S/C19H21F2N3O.ClH/c20-14-8-15(21)10-16(9-14)23-19(25)6-7-24-11-17(18(22)12-24)13-4-2-1-3-5-13;/h1-5,8-10,17-18H,6-7,11-12,22H2,(H,23,25);1H/t17-,18+;/m0./s1. The minimum Gasteiger partial charge on any atom is -0.326 e. The van der Waals surface area contributed by atoms with Gasteiger partial charge in [0.15, 0.2) is 0 Å². The maximum Gasteiger partial charge on any atom is 0.225 e. The number of hydrogen-bond acceptors (Lipinski definition) is 3. The number of amides is 1. The maximum absolute atomic E-state index is 13.1. The van der Waals surface area contributed by atoms with Gasteiger partial charge in [-0.3, -0.25) is 4.79 Å². The summed E-state index contributed by atoms with van der Waals surface area (Å²) in [6.07, 6.45) is 0.242. The number of rotatable bonds is 5. The topological polar surface area (TPSA) is 58.4 Å². The zero-order chi connectivity index (χ0) is 17.8. The van der Waals surface area contributed by atoms with Gasteiger partial charge in [-0.25, -0.2) is 8.78 Å². The molecular formula is C19H22ClF2N3O.